The van der Waals surface area contributed by atoms with Crippen LogP contribution in [0.15, 0.2) is 36.4 Å². The molecule has 1 aromatic carbocycles. The van der Waals surface area contributed by atoms with Gasteiger partial charge in [0.15, 0.2) is 1.37 Å². The first-order chi connectivity index (χ1) is 11.1. The first-order valence-corrected chi connectivity index (χ1v) is 7.51. The number of rotatable bonds is 4. The van der Waals surface area contributed by atoms with E-state index in [-0.39, 0.29) is 12.6 Å². The van der Waals surface area contributed by atoms with Crippen molar-refractivity contribution in [3.8, 4) is 5.75 Å². The second-order valence-corrected chi connectivity index (χ2v) is 5.22. The van der Waals surface area contributed by atoms with Crippen molar-refractivity contribution in [2.45, 2.75) is 44.8 Å². The average molecular weight is 304 g/mol. The summed E-state index contributed by atoms with van der Waals surface area (Å²) in [6.45, 7) is 0.0294. The van der Waals surface area contributed by atoms with Crippen molar-refractivity contribution in [1.29, 1.82) is 0 Å². The van der Waals surface area contributed by atoms with Crippen molar-refractivity contribution >= 4 is 12.5 Å². The van der Waals surface area contributed by atoms with Gasteiger partial charge in [-0.05, 0) is 37.0 Å². The molecule has 1 amide bonds. The summed E-state index contributed by atoms with van der Waals surface area (Å²) >= 11 is 0. The van der Waals surface area contributed by atoms with Crippen molar-refractivity contribution in [2.75, 3.05) is 0 Å². The quantitative estimate of drug-likeness (QED) is 0.684. The van der Waals surface area contributed by atoms with Crippen molar-refractivity contribution in [3.63, 3.8) is 0 Å². The molecule has 0 spiro atoms. The molecule has 0 aromatic heterocycles. The van der Waals surface area contributed by atoms with E-state index in [0.29, 0.717) is 5.75 Å². The smallest absolute Gasteiger partial charge is 0.413 e. The van der Waals surface area contributed by atoms with Crippen molar-refractivity contribution < 1.29 is 20.4 Å². The maximum absolute atomic E-state index is 11.9. The van der Waals surface area contributed by atoms with E-state index in [0.717, 1.165) is 24.8 Å². The van der Waals surface area contributed by atoms with Crippen LogP contribution in [-0.2, 0) is 16.1 Å². The lowest BCUT2D eigenvalue weighted by atomic mass is 10.0. The normalized spacial score (nSPS) is 18.5. The second-order valence-electron chi connectivity index (χ2n) is 5.22. The van der Waals surface area contributed by atoms with Crippen molar-refractivity contribution in [2.24, 2.45) is 0 Å². The molecule has 5 heteroatoms. The van der Waals surface area contributed by atoms with E-state index in [1.54, 1.807) is 24.3 Å². The molecule has 0 bridgehead atoms. The molecule has 1 atom stereocenters. The van der Waals surface area contributed by atoms with Gasteiger partial charge in [0.1, 0.15) is 12.4 Å². The fourth-order valence-corrected chi connectivity index (χ4v) is 2.33. The Bertz CT molecular complexity index is 556. The predicted molar refractivity (Wildman–Crippen MR) is 82.5 cm³/mol. The van der Waals surface area contributed by atoms with Gasteiger partial charge in [-0.25, -0.2) is 4.79 Å². The number of ether oxygens (including phenoxy) is 2. The highest BCUT2D eigenvalue weighted by Crippen LogP contribution is 2.14. The fourth-order valence-electron chi connectivity index (χ4n) is 2.33. The van der Waals surface area contributed by atoms with Crippen LogP contribution in [0.3, 0.4) is 0 Å². The second kappa shape index (κ2) is 8.87. The largest absolute Gasteiger partial charge is 0.463 e. The molecule has 118 valence electrons. The minimum absolute atomic E-state index is 0.0125. The van der Waals surface area contributed by atoms with E-state index < -0.39 is 12.5 Å². The molecule has 1 aliphatic rings. The predicted octanol–water partition coefficient (Wildman–Crippen LogP) is 3.34. The average Bonchev–Trinajstić information content (AvgIpc) is 2.49. The molecule has 2 rings (SSSR count). The zero-order chi connectivity index (χ0) is 16.5. The SMILES string of the molecule is [2H]C(=O)OCc1ccc(OC(=O)NC2C=CCCCCC2)cc1. The molecule has 1 aliphatic carbocycles. The van der Waals surface area contributed by atoms with Gasteiger partial charge >= 0.3 is 6.09 Å². The Labute approximate surface area is 131 Å². The van der Waals surface area contributed by atoms with Gasteiger partial charge in [0.25, 0.3) is 6.45 Å². The molecule has 0 saturated heterocycles. The van der Waals surface area contributed by atoms with Gasteiger partial charge in [0.2, 0.25) is 0 Å². The third-order valence-corrected chi connectivity index (χ3v) is 3.49. The molecular formula is C17H21NO4. The van der Waals surface area contributed by atoms with E-state index in [4.69, 9.17) is 6.11 Å². The summed E-state index contributed by atoms with van der Waals surface area (Å²) in [6.07, 6.45) is 8.03. The maximum atomic E-state index is 11.9. The summed E-state index contributed by atoms with van der Waals surface area (Å²) in [5.41, 5.74) is 0.723. The summed E-state index contributed by atoms with van der Waals surface area (Å²) in [5, 5.41) is 2.85. The molecule has 0 fully saturated rings. The molecule has 1 unspecified atom stereocenters. The first-order valence-electron chi connectivity index (χ1n) is 8.01. The number of hydrogen-bond donors (Lipinski definition) is 1. The number of carbonyl (C=O) groups is 2. The van der Waals surface area contributed by atoms with Crippen LogP contribution in [0.4, 0.5) is 4.79 Å². The molecule has 0 heterocycles. The Morgan fingerprint density at radius 3 is 2.91 bits per heavy atom. The highest BCUT2D eigenvalue weighted by atomic mass is 16.6. The lowest BCUT2D eigenvalue weighted by molar-refractivity contribution is -0.129. The summed E-state index contributed by atoms with van der Waals surface area (Å²) in [7, 11) is 0. The van der Waals surface area contributed by atoms with E-state index in [1.165, 1.54) is 12.8 Å². The van der Waals surface area contributed by atoms with Gasteiger partial charge in [0, 0.05) is 0 Å². The molecule has 5 nitrogen and oxygen atoms in total. The minimum atomic E-state index is -1.07. The molecular weight excluding hydrogens is 282 g/mol. The highest BCUT2D eigenvalue weighted by Gasteiger charge is 2.12. The minimum Gasteiger partial charge on any atom is -0.463 e. The van der Waals surface area contributed by atoms with Gasteiger partial charge in [0.05, 0.1) is 6.04 Å². The zero-order valence-electron chi connectivity index (χ0n) is 13.4. The molecule has 22 heavy (non-hydrogen) atoms. The number of allylic oxidation sites excluding steroid dienone is 1. The molecule has 0 aliphatic heterocycles. The Kier molecular flexibility index (Phi) is 5.90. The maximum Gasteiger partial charge on any atom is 0.413 e. The topological polar surface area (TPSA) is 64.6 Å². The lowest BCUT2D eigenvalue weighted by Crippen LogP contribution is -2.35. The van der Waals surface area contributed by atoms with Crippen LogP contribution in [-0.4, -0.2) is 18.6 Å². The number of hydrogen-bond acceptors (Lipinski definition) is 4. The summed E-state index contributed by atoms with van der Waals surface area (Å²) in [5.74, 6) is 0.415. The van der Waals surface area contributed by atoms with E-state index in [2.05, 4.69) is 16.1 Å². The van der Waals surface area contributed by atoms with E-state index in [9.17, 15) is 9.59 Å². The van der Waals surface area contributed by atoms with Gasteiger partial charge in [-0.2, -0.15) is 0 Å². The van der Waals surface area contributed by atoms with E-state index in [1.807, 2.05) is 6.08 Å². The monoisotopic (exact) mass is 304 g/mol. The number of nitrogens with one attached hydrogen (secondary N) is 1. The van der Waals surface area contributed by atoms with E-state index >= 15 is 0 Å². The number of benzene rings is 1. The first kappa shape index (κ1) is 14.6. The Balaban J connectivity index is 1.82. The summed E-state index contributed by atoms with van der Waals surface area (Å²) in [4.78, 5) is 22.3. The van der Waals surface area contributed by atoms with Gasteiger partial charge in [-0.3, -0.25) is 4.79 Å². The Hall–Kier alpha value is -2.30. The van der Waals surface area contributed by atoms with Crippen LogP contribution >= 0.6 is 0 Å². The van der Waals surface area contributed by atoms with Gasteiger partial charge < -0.3 is 14.8 Å². The Morgan fingerprint density at radius 2 is 2.14 bits per heavy atom. The molecule has 1 aromatic rings. The molecule has 0 saturated carbocycles. The number of amides is 1. The Morgan fingerprint density at radius 1 is 1.32 bits per heavy atom. The molecule has 1 N–H and O–H groups in total. The van der Waals surface area contributed by atoms with Crippen molar-refractivity contribution in [3.05, 3.63) is 42.0 Å². The highest BCUT2D eigenvalue weighted by molar-refractivity contribution is 5.71. The third kappa shape index (κ3) is 5.60. The van der Waals surface area contributed by atoms with Crippen LogP contribution in [0.1, 0.15) is 39.0 Å². The number of carbonyl (C=O) groups excluding carboxylic acids is 2. The zero-order valence-corrected chi connectivity index (χ0v) is 12.4. The lowest BCUT2D eigenvalue weighted by Gasteiger charge is -2.16. The van der Waals surface area contributed by atoms with Gasteiger partial charge in [-0.1, -0.05) is 37.1 Å². The fraction of sp³-hybridized carbons (Fsp3) is 0.412. The van der Waals surface area contributed by atoms with Gasteiger partial charge in [-0.15, -0.1) is 0 Å². The third-order valence-electron chi connectivity index (χ3n) is 3.49. The van der Waals surface area contributed by atoms with Crippen LogP contribution in [0, 0.1) is 0 Å². The molecule has 0 radical (unpaired) electrons. The summed E-state index contributed by atoms with van der Waals surface area (Å²) in [6, 6.07) is 6.63. The summed E-state index contributed by atoms with van der Waals surface area (Å²) < 4.78 is 16.5. The van der Waals surface area contributed by atoms with Crippen molar-refractivity contribution in [1.82, 2.24) is 5.32 Å². The van der Waals surface area contributed by atoms with Crippen LogP contribution in [0.2, 0.25) is 0 Å². The van der Waals surface area contributed by atoms with Crippen LogP contribution < -0.4 is 10.1 Å². The standard InChI is InChI=1S/C17H21NO4/c19-13-21-12-14-8-10-16(11-9-14)22-17(20)18-15-6-4-2-1-3-5-7-15/h4,6,8-11,13,15H,1-3,5,7,12H2,(H,18,20)/i13D. The van der Waals surface area contributed by atoms with Crippen LogP contribution in [0.5, 0.6) is 5.75 Å². The van der Waals surface area contributed by atoms with Crippen LogP contribution in [0.25, 0.3) is 0 Å².